The molecule has 3 aromatic carbocycles. The first-order valence-corrected chi connectivity index (χ1v) is 12.1. The minimum absolute atomic E-state index is 0.0354. The van der Waals surface area contributed by atoms with Gasteiger partial charge in [0, 0.05) is 18.5 Å². The lowest BCUT2D eigenvalue weighted by molar-refractivity contribution is -0.120. The predicted molar refractivity (Wildman–Crippen MR) is 133 cm³/mol. The van der Waals surface area contributed by atoms with E-state index in [1.807, 2.05) is 60.7 Å². The van der Waals surface area contributed by atoms with E-state index in [1.165, 1.54) is 4.90 Å². The van der Waals surface area contributed by atoms with Gasteiger partial charge in [0.15, 0.2) is 16.6 Å². The summed E-state index contributed by atoms with van der Waals surface area (Å²) in [4.78, 5) is 32.3. The van der Waals surface area contributed by atoms with E-state index in [-0.39, 0.29) is 30.8 Å². The minimum atomic E-state index is -0.523. The number of rotatable bonds is 3. The van der Waals surface area contributed by atoms with Gasteiger partial charge < -0.3 is 24.6 Å². The van der Waals surface area contributed by atoms with Crippen molar-refractivity contribution in [3.05, 3.63) is 66.2 Å². The number of hydrogen-bond acceptors (Lipinski definition) is 5. The molecule has 1 unspecified atom stereocenters. The topological polar surface area (TPSA) is 74.4 Å². The zero-order chi connectivity index (χ0) is 23.7. The van der Waals surface area contributed by atoms with Crippen molar-refractivity contribution in [2.45, 2.75) is 31.1 Å². The number of piperazine rings is 1. The average molecular weight is 487 g/mol. The van der Waals surface area contributed by atoms with Gasteiger partial charge in [0.1, 0.15) is 6.04 Å². The smallest absolute Gasteiger partial charge is 0.332 e. The summed E-state index contributed by atoms with van der Waals surface area (Å²) >= 11 is 5.72. The van der Waals surface area contributed by atoms with Gasteiger partial charge in [-0.25, -0.2) is 9.69 Å². The number of benzene rings is 3. The SMILES string of the molecule is O=C1[C@@H]2C3C[C@H](CN3C(=S)NCc3ccc4c(c3)OCO4)N2C(=O)N1c1cccc2ccccc12. The van der Waals surface area contributed by atoms with Crippen LogP contribution in [0.1, 0.15) is 12.0 Å². The van der Waals surface area contributed by atoms with Gasteiger partial charge in [-0.1, -0.05) is 42.5 Å². The molecular weight excluding hydrogens is 464 g/mol. The van der Waals surface area contributed by atoms with Crippen LogP contribution in [0.3, 0.4) is 0 Å². The third-order valence-electron chi connectivity index (χ3n) is 7.41. The number of carbonyl (C=O) groups excluding carboxylic acids is 2. The molecule has 0 radical (unpaired) electrons. The summed E-state index contributed by atoms with van der Waals surface area (Å²) in [6, 6.07) is 18.4. The number of hydrogen-bond donors (Lipinski definition) is 1. The van der Waals surface area contributed by atoms with Crippen LogP contribution in [0.5, 0.6) is 11.5 Å². The van der Waals surface area contributed by atoms with Gasteiger partial charge in [-0.3, -0.25) is 4.79 Å². The largest absolute Gasteiger partial charge is 0.454 e. The summed E-state index contributed by atoms with van der Waals surface area (Å²) < 4.78 is 10.8. The number of amides is 3. The van der Waals surface area contributed by atoms with Crippen molar-refractivity contribution in [1.82, 2.24) is 15.1 Å². The first-order chi connectivity index (χ1) is 17.1. The summed E-state index contributed by atoms with van der Waals surface area (Å²) in [5.74, 6) is 1.30. The van der Waals surface area contributed by atoms with Crippen LogP contribution in [-0.2, 0) is 11.3 Å². The van der Waals surface area contributed by atoms with E-state index >= 15 is 0 Å². The van der Waals surface area contributed by atoms with E-state index in [9.17, 15) is 9.59 Å². The number of ether oxygens (including phenoxy) is 2. The maximum Gasteiger partial charge on any atom is 0.332 e. The van der Waals surface area contributed by atoms with Crippen LogP contribution in [0.15, 0.2) is 60.7 Å². The number of anilines is 1. The lowest BCUT2D eigenvalue weighted by atomic mass is 10.1. The third kappa shape index (κ3) is 3.01. The maximum atomic E-state index is 13.6. The van der Waals surface area contributed by atoms with Crippen LogP contribution in [0, 0.1) is 0 Å². The van der Waals surface area contributed by atoms with Crippen LogP contribution < -0.4 is 19.7 Å². The van der Waals surface area contributed by atoms with Crippen LogP contribution in [0.2, 0.25) is 0 Å². The van der Waals surface area contributed by atoms with E-state index in [4.69, 9.17) is 21.7 Å². The van der Waals surface area contributed by atoms with E-state index < -0.39 is 6.04 Å². The van der Waals surface area contributed by atoms with Gasteiger partial charge >= 0.3 is 6.03 Å². The van der Waals surface area contributed by atoms with Crippen molar-refractivity contribution in [3.8, 4) is 11.5 Å². The molecule has 9 heteroatoms. The summed E-state index contributed by atoms with van der Waals surface area (Å²) in [7, 11) is 0. The first kappa shape index (κ1) is 20.5. The fourth-order valence-electron chi connectivity index (χ4n) is 5.85. The average Bonchev–Trinajstić information content (AvgIpc) is 3.65. The number of nitrogens with zero attached hydrogens (tertiary/aromatic N) is 3. The Morgan fingerprint density at radius 2 is 1.86 bits per heavy atom. The van der Waals surface area contributed by atoms with E-state index in [0.717, 1.165) is 34.3 Å². The Balaban J connectivity index is 1.11. The molecular formula is C26H22N4O4S. The normalized spacial score (nSPS) is 24.0. The zero-order valence-electron chi connectivity index (χ0n) is 18.7. The number of carbonyl (C=O) groups is 2. The molecule has 3 saturated heterocycles. The minimum Gasteiger partial charge on any atom is -0.454 e. The highest BCUT2D eigenvalue weighted by Gasteiger charge is 2.62. The lowest BCUT2D eigenvalue weighted by Crippen LogP contribution is -2.56. The fraction of sp³-hybridized carbons (Fsp3) is 0.269. The second-order valence-electron chi connectivity index (χ2n) is 9.26. The van der Waals surface area contributed by atoms with Crippen molar-refractivity contribution >= 4 is 45.7 Å². The fourth-order valence-corrected chi connectivity index (χ4v) is 6.13. The molecule has 0 aromatic heterocycles. The van der Waals surface area contributed by atoms with Crippen LogP contribution in [0.25, 0.3) is 10.8 Å². The summed E-state index contributed by atoms with van der Waals surface area (Å²) in [5.41, 5.74) is 1.67. The van der Waals surface area contributed by atoms with Crippen molar-refractivity contribution in [2.24, 2.45) is 0 Å². The maximum absolute atomic E-state index is 13.6. The lowest BCUT2D eigenvalue weighted by Gasteiger charge is -2.36. The van der Waals surface area contributed by atoms with Gasteiger partial charge in [-0.05, 0) is 47.8 Å². The van der Waals surface area contributed by atoms with Gasteiger partial charge in [-0.15, -0.1) is 0 Å². The van der Waals surface area contributed by atoms with E-state index in [1.54, 1.807) is 4.90 Å². The molecule has 0 saturated carbocycles. The quantitative estimate of drug-likeness (QED) is 0.450. The molecule has 3 aromatic rings. The van der Waals surface area contributed by atoms with Crippen molar-refractivity contribution in [1.29, 1.82) is 0 Å². The van der Waals surface area contributed by atoms with Gasteiger partial charge in [0.2, 0.25) is 6.79 Å². The highest BCUT2D eigenvalue weighted by molar-refractivity contribution is 7.80. The van der Waals surface area contributed by atoms with Gasteiger partial charge in [-0.2, -0.15) is 0 Å². The molecule has 3 amide bonds. The molecule has 0 spiro atoms. The molecule has 4 aliphatic rings. The van der Waals surface area contributed by atoms with E-state index in [2.05, 4.69) is 10.2 Å². The summed E-state index contributed by atoms with van der Waals surface area (Å²) in [5, 5.41) is 5.81. The highest BCUT2D eigenvalue weighted by atomic mass is 32.1. The molecule has 8 nitrogen and oxygen atoms in total. The van der Waals surface area contributed by atoms with Crippen molar-refractivity contribution in [2.75, 3.05) is 18.2 Å². The molecule has 0 aliphatic carbocycles. The van der Waals surface area contributed by atoms with Crippen molar-refractivity contribution in [3.63, 3.8) is 0 Å². The molecule has 35 heavy (non-hydrogen) atoms. The van der Waals surface area contributed by atoms with Crippen LogP contribution >= 0.6 is 12.2 Å². The number of imide groups is 1. The Bertz CT molecular complexity index is 1410. The Labute approximate surface area is 207 Å². The van der Waals surface area contributed by atoms with E-state index in [0.29, 0.717) is 23.9 Å². The molecule has 2 bridgehead atoms. The van der Waals surface area contributed by atoms with Gasteiger partial charge in [0.25, 0.3) is 5.91 Å². The Morgan fingerprint density at radius 3 is 2.77 bits per heavy atom. The number of fused-ring (bicyclic) bond motifs is 7. The van der Waals surface area contributed by atoms with Crippen LogP contribution in [0.4, 0.5) is 10.5 Å². The molecule has 7 rings (SSSR count). The monoisotopic (exact) mass is 486 g/mol. The Hall–Kier alpha value is -3.85. The zero-order valence-corrected chi connectivity index (χ0v) is 19.5. The number of nitrogens with one attached hydrogen (secondary N) is 1. The standard InChI is InChI=1S/C26H22N4O4S/c31-24-23-20-11-17(13-28(20)25(35)27-12-15-8-9-21-22(10-15)34-14-33-21)29(23)26(32)30(24)19-7-3-5-16-4-1-2-6-18(16)19/h1-10,17,20,23H,11-14H2,(H,27,35)/t17-,20?,23+/m1/s1. The molecule has 1 N–H and O–H groups in total. The van der Waals surface area contributed by atoms with Crippen LogP contribution in [-0.4, -0.2) is 58.3 Å². The summed E-state index contributed by atoms with van der Waals surface area (Å²) in [6.45, 7) is 1.39. The number of urea groups is 1. The number of likely N-dealkylation sites (tertiary alicyclic amines) is 1. The second-order valence-corrected chi connectivity index (χ2v) is 9.65. The molecule has 176 valence electrons. The molecule has 4 aliphatic heterocycles. The molecule has 4 heterocycles. The van der Waals surface area contributed by atoms with Crippen molar-refractivity contribution < 1.29 is 19.1 Å². The summed E-state index contributed by atoms with van der Waals surface area (Å²) in [6.07, 6.45) is 0.747. The molecule has 3 atom stereocenters. The first-order valence-electron chi connectivity index (χ1n) is 11.7. The second kappa shape index (κ2) is 7.58. The number of thiocarbonyl (C=S) groups is 1. The highest BCUT2D eigenvalue weighted by Crippen LogP contribution is 2.43. The third-order valence-corrected chi connectivity index (χ3v) is 7.79. The Morgan fingerprint density at radius 1 is 1.03 bits per heavy atom. The predicted octanol–water partition coefficient (Wildman–Crippen LogP) is 3.24. The van der Waals surface area contributed by atoms with Gasteiger partial charge in [0.05, 0.1) is 17.8 Å². The Kier molecular flexibility index (Phi) is 4.44. The molecule has 3 fully saturated rings.